The van der Waals surface area contributed by atoms with Crippen LogP contribution in [0, 0.1) is 0 Å². The van der Waals surface area contributed by atoms with Crippen molar-refractivity contribution in [2.24, 2.45) is 0 Å². The lowest BCUT2D eigenvalue weighted by molar-refractivity contribution is -0.116. The molecule has 0 aliphatic carbocycles. The van der Waals surface area contributed by atoms with Crippen molar-refractivity contribution in [1.29, 1.82) is 0 Å². The summed E-state index contributed by atoms with van der Waals surface area (Å²) in [5.41, 5.74) is 2.94. The zero-order valence-corrected chi connectivity index (χ0v) is 21.0. The number of aryl methyl sites for hydroxylation is 1. The van der Waals surface area contributed by atoms with E-state index in [4.69, 9.17) is 18.9 Å². The van der Waals surface area contributed by atoms with E-state index in [9.17, 15) is 14.4 Å². The van der Waals surface area contributed by atoms with Crippen molar-refractivity contribution in [2.75, 3.05) is 26.1 Å². The van der Waals surface area contributed by atoms with Gasteiger partial charge in [0.2, 0.25) is 5.91 Å². The minimum Gasteiger partial charge on any atom is -0.493 e. The molecule has 0 spiro atoms. The lowest BCUT2D eigenvalue weighted by Crippen LogP contribution is -2.22. The third-order valence-corrected chi connectivity index (χ3v) is 5.36. The lowest BCUT2D eigenvalue weighted by Gasteiger charge is -2.10. The summed E-state index contributed by atoms with van der Waals surface area (Å²) < 4.78 is 20.2. The monoisotopic (exact) mass is 506 g/mol. The Kier molecular flexibility index (Phi) is 9.90. The third kappa shape index (κ3) is 8.28. The van der Waals surface area contributed by atoms with Crippen molar-refractivity contribution >= 4 is 23.7 Å². The van der Waals surface area contributed by atoms with Gasteiger partial charge in [-0.05, 0) is 73.0 Å². The van der Waals surface area contributed by atoms with Crippen LogP contribution in [-0.2, 0) is 22.5 Å². The van der Waals surface area contributed by atoms with Crippen LogP contribution in [0.3, 0.4) is 0 Å². The fourth-order valence-electron chi connectivity index (χ4n) is 3.43. The maximum atomic E-state index is 12.4. The highest BCUT2D eigenvalue weighted by Gasteiger charge is 2.10. The topological polar surface area (TPSA) is 112 Å². The zero-order valence-electron chi connectivity index (χ0n) is 21.0. The van der Waals surface area contributed by atoms with E-state index in [1.54, 1.807) is 45.4 Å². The molecule has 0 heterocycles. The molecule has 0 saturated carbocycles. The standard InChI is InChI=1S/C28H30N2O7/c1-4-36-28(33)37-23-13-9-21(10-14-23)27(32)29-18-20-5-11-22(12-6-20)30-26(31)16-8-19-7-15-24(34-2)25(17-19)35-3/h5-7,9-15,17H,4,8,16,18H2,1-3H3,(H,29,32)(H,30,31). The Bertz CT molecular complexity index is 1210. The van der Waals surface area contributed by atoms with Crippen LogP contribution in [0.1, 0.15) is 34.8 Å². The van der Waals surface area contributed by atoms with E-state index in [1.807, 2.05) is 30.3 Å². The number of anilines is 1. The van der Waals surface area contributed by atoms with Gasteiger partial charge in [0.05, 0.1) is 20.8 Å². The Balaban J connectivity index is 1.44. The first-order chi connectivity index (χ1) is 17.9. The highest BCUT2D eigenvalue weighted by Crippen LogP contribution is 2.28. The van der Waals surface area contributed by atoms with E-state index in [2.05, 4.69) is 10.6 Å². The molecule has 0 radical (unpaired) electrons. The van der Waals surface area contributed by atoms with Crippen LogP contribution in [-0.4, -0.2) is 38.8 Å². The number of amides is 2. The van der Waals surface area contributed by atoms with Gasteiger partial charge in [-0.2, -0.15) is 0 Å². The maximum absolute atomic E-state index is 12.4. The summed E-state index contributed by atoms with van der Waals surface area (Å²) in [4.78, 5) is 36.1. The number of hydrogen-bond acceptors (Lipinski definition) is 7. The molecule has 37 heavy (non-hydrogen) atoms. The van der Waals surface area contributed by atoms with Gasteiger partial charge >= 0.3 is 6.16 Å². The second kappa shape index (κ2) is 13.5. The average molecular weight is 507 g/mol. The van der Waals surface area contributed by atoms with Crippen LogP contribution in [0.25, 0.3) is 0 Å². The summed E-state index contributed by atoms with van der Waals surface area (Å²) in [6, 6.07) is 19.0. The second-order valence-corrected chi connectivity index (χ2v) is 7.93. The number of carbonyl (C=O) groups excluding carboxylic acids is 3. The minimum atomic E-state index is -0.794. The fraction of sp³-hybridized carbons (Fsp3) is 0.250. The van der Waals surface area contributed by atoms with Gasteiger partial charge in [0.1, 0.15) is 5.75 Å². The molecule has 0 unspecified atom stereocenters. The molecule has 0 aliphatic rings. The molecule has 0 fully saturated rings. The molecule has 3 aromatic carbocycles. The molecule has 0 aromatic heterocycles. The van der Waals surface area contributed by atoms with Gasteiger partial charge in [-0.3, -0.25) is 9.59 Å². The third-order valence-electron chi connectivity index (χ3n) is 5.36. The van der Waals surface area contributed by atoms with Gasteiger partial charge in [0.25, 0.3) is 5.91 Å². The van der Waals surface area contributed by atoms with Crippen LogP contribution >= 0.6 is 0 Å². The van der Waals surface area contributed by atoms with Crippen molar-refractivity contribution in [3.63, 3.8) is 0 Å². The van der Waals surface area contributed by atoms with Gasteiger partial charge in [-0.15, -0.1) is 0 Å². The largest absolute Gasteiger partial charge is 0.513 e. The van der Waals surface area contributed by atoms with Gasteiger partial charge in [-0.1, -0.05) is 18.2 Å². The molecule has 0 bridgehead atoms. The van der Waals surface area contributed by atoms with E-state index in [1.165, 1.54) is 12.1 Å². The predicted molar refractivity (Wildman–Crippen MR) is 138 cm³/mol. The molecule has 0 aliphatic heterocycles. The first-order valence-corrected chi connectivity index (χ1v) is 11.7. The van der Waals surface area contributed by atoms with E-state index in [0.717, 1.165) is 11.1 Å². The van der Waals surface area contributed by atoms with Crippen LogP contribution in [0.15, 0.2) is 66.7 Å². The highest BCUT2D eigenvalue weighted by atomic mass is 16.7. The van der Waals surface area contributed by atoms with E-state index in [-0.39, 0.29) is 24.2 Å². The van der Waals surface area contributed by atoms with Crippen LogP contribution in [0.5, 0.6) is 17.2 Å². The molecule has 9 nitrogen and oxygen atoms in total. The molecular formula is C28H30N2O7. The Morgan fingerprint density at radius 3 is 2.14 bits per heavy atom. The van der Waals surface area contributed by atoms with Crippen molar-refractivity contribution in [1.82, 2.24) is 5.32 Å². The molecule has 2 amide bonds. The number of benzene rings is 3. The molecule has 3 aromatic rings. The number of methoxy groups -OCH3 is 2. The highest BCUT2D eigenvalue weighted by molar-refractivity contribution is 5.94. The molecule has 3 rings (SSSR count). The zero-order chi connectivity index (χ0) is 26.6. The molecule has 194 valence electrons. The molecular weight excluding hydrogens is 476 g/mol. The van der Waals surface area contributed by atoms with Gasteiger partial charge < -0.3 is 29.6 Å². The Morgan fingerprint density at radius 2 is 1.49 bits per heavy atom. The maximum Gasteiger partial charge on any atom is 0.513 e. The Morgan fingerprint density at radius 1 is 0.811 bits per heavy atom. The van der Waals surface area contributed by atoms with Crippen LogP contribution < -0.4 is 24.8 Å². The predicted octanol–water partition coefficient (Wildman–Crippen LogP) is 4.74. The molecule has 0 atom stereocenters. The van der Waals surface area contributed by atoms with Crippen molar-refractivity contribution < 1.29 is 33.3 Å². The fourth-order valence-corrected chi connectivity index (χ4v) is 3.43. The quantitative estimate of drug-likeness (QED) is 0.285. The van der Waals surface area contributed by atoms with E-state index < -0.39 is 6.16 Å². The summed E-state index contributed by atoms with van der Waals surface area (Å²) >= 11 is 0. The summed E-state index contributed by atoms with van der Waals surface area (Å²) in [5.74, 6) is 1.19. The number of ether oxygens (including phenoxy) is 4. The average Bonchev–Trinajstić information content (AvgIpc) is 2.91. The van der Waals surface area contributed by atoms with Crippen LogP contribution in [0.2, 0.25) is 0 Å². The number of carbonyl (C=O) groups is 3. The van der Waals surface area contributed by atoms with Gasteiger partial charge in [-0.25, -0.2) is 4.79 Å². The van der Waals surface area contributed by atoms with E-state index in [0.29, 0.717) is 42.1 Å². The molecule has 9 heteroatoms. The summed E-state index contributed by atoms with van der Waals surface area (Å²) in [6.45, 7) is 2.21. The van der Waals surface area contributed by atoms with Crippen molar-refractivity contribution in [3.05, 3.63) is 83.4 Å². The van der Waals surface area contributed by atoms with Crippen LogP contribution in [0.4, 0.5) is 10.5 Å². The first kappa shape index (κ1) is 27.1. The molecule has 2 N–H and O–H groups in total. The van der Waals surface area contributed by atoms with E-state index >= 15 is 0 Å². The Hall–Kier alpha value is -4.53. The SMILES string of the molecule is CCOC(=O)Oc1ccc(C(=O)NCc2ccc(NC(=O)CCc3ccc(OC)c(OC)c3)cc2)cc1. The second-order valence-electron chi connectivity index (χ2n) is 7.93. The summed E-state index contributed by atoms with van der Waals surface area (Å²) in [7, 11) is 3.15. The number of nitrogens with one attached hydrogen (secondary N) is 2. The summed E-state index contributed by atoms with van der Waals surface area (Å²) in [6.07, 6.45) is 0.0839. The Labute approximate surface area is 215 Å². The number of hydrogen-bond donors (Lipinski definition) is 2. The van der Waals surface area contributed by atoms with Crippen molar-refractivity contribution in [3.8, 4) is 17.2 Å². The number of rotatable bonds is 11. The first-order valence-electron chi connectivity index (χ1n) is 11.7. The normalized spacial score (nSPS) is 10.2. The summed E-state index contributed by atoms with van der Waals surface area (Å²) in [5, 5.41) is 5.71. The van der Waals surface area contributed by atoms with Gasteiger partial charge in [0.15, 0.2) is 11.5 Å². The molecule has 0 saturated heterocycles. The lowest BCUT2D eigenvalue weighted by atomic mass is 10.1. The van der Waals surface area contributed by atoms with Gasteiger partial charge in [0, 0.05) is 24.2 Å². The smallest absolute Gasteiger partial charge is 0.493 e. The minimum absolute atomic E-state index is 0.105. The van der Waals surface area contributed by atoms with Crippen molar-refractivity contribution in [2.45, 2.75) is 26.3 Å².